The van der Waals surface area contributed by atoms with Gasteiger partial charge >= 0.3 is 0 Å². The molecule has 4 rings (SSSR count). The highest BCUT2D eigenvalue weighted by Gasteiger charge is 2.06. The number of anilines is 1. The molecule has 0 saturated heterocycles. The van der Waals surface area contributed by atoms with Gasteiger partial charge in [0.2, 0.25) is 0 Å². The molecule has 0 fully saturated rings. The van der Waals surface area contributed by atoms with Crippen LogP contribution in [-0.4, -0.2) is 55.0 Å². The Morgan fingerprint density at radius 3 is 2.13 bits per heavy atom. The van der Waals surface area contributed by atoms with Gasteiger partial charge in [0.25, 0.3) is 10.1 Å². The van der Waals surface area contributed by atoms with Crippen LogP contribution in [0.3, 0.4) is 0 Å². The van der Waals surface area contributed by atoms with Gasteiger partial charge in [0.15, 0.2) is 0 Å². The lowest BCUT2D eigenvalue weighted by Crippen LogP contribution is -2.16. The summed E-state index contributed by atoms with van der Waals surface area (Å²) >= 11 is 0. The van der Waals surface area contributed by atoms with E-state index >= 15 is 0 Å². The monoisotopic (exact) mass is 438 g/mol. The topological polar surface area (TPSA) is 95.4 Å². The first kappa shape index (κ1) is 22.6. The zero-order chi connectivity index (χ0) is 22.3. The number of rotatable bonds is 6. The molecule has 1 heterocycles. The Hall–Kier alpha value is -3.07. The summed E-state index contributed by atoms with van der Waals surface area (Å²) in [7, 11) is 0.166. The summed E-state index contributed by atoms with van der Waals surface area (Å²) in [6.45, 7) is 1.98. The first-order chi connectivity index (χ1) is 14.8. The van der Waals surface area contributed by atoms with E-state index in [0.29, 0.717) is 0 Å². The Morgan fingerprint density at radius 2 is 1.55 bits per heavy atom. The van der Waals surface area contributed by atoms with Gasteiger partial charge in [-0.3, -0.25) is 9.54 Å². The van der Waals surface area contributed by atoms with Crippen LogP contribution in [-0.2, 0) is 10.1 Å². The molecule has 0 aliphatic heterocycles. The van der Waals surface area contributed by atoms with Crippen molar-refractivity contribution in [1.82, 2.24) is 14.9 Å². The molecule has 1 aromatic heterocycles. The van der Waals surface area contributed by atoms with E-state index in [0.717, 1.165) is 36.4 Å². The van der Waals surface area contributed by atoms with E-state index in [4.69, 9.17) is 4.55 Å². The molecule has 0 saturated carbocycles. The highest BCUT2D eigenvalue weighted by Crippen LogP contribution is 2.21. The van der Waals surface area contributed by atoms with E-state index in [1.54, 1.807) is 18.2 Å². The summed E-state index contributed by atoms with van der Waals surface area (Å²) in [5.41, 5.74) is 1.87. The fraction of sp³-hybridized carbons (Fsp3) is 0.217. The normalized spacial score (nSPS) is 11.4. The van der Waals surface area contributed by atoms with E-state index in [1.165, 1.54) is 22.9 Å². The van der Waals surface area contributed by atoms with Crippen LogP contribution >= 0.6 is 0 Å². The first-order valence-electron chi connectivity index (χ1n) is 9.89. The van der Waals surface area contributed by atoms with Gasteiger partial charge in [-0.25, -0.2) is 4.98 Å². The van der Waals surface area contributed by atoms with Crippen LogP contribution in [0.2, 0.25) is 0 Å². The second-order valence-corrected chi connectivity index (χ2v) is 8.74. The third-order valence-electron chi connectivity index (χ3n) is 4.54. The maximum atomic E-state index is 10.4. The van der Waals surface area contributed by atoms with Gasteiger partial charge in [-0.2, -0.15) is 8.42 Å². The molecule has 0 aliphatic rings. The van der Waals surface area contributed by atoms with Crippen molar-refractivity contribution in [3.63, 3.8) is 0 Å². The predicted molar refractivity (Wildman–Crippen MR) is 125 cm³/mol. The van der Waals surface area contributed by atoms with E-state index < -0.39 is 10.1 Å². The molecule has 162 valence electrons. The van der Waals surface area contributed by atoms with Crippen molar-refractivity contribution in [2.75, 3.05) is 32.5 Å². The number of fused-ring (bicyclic) bond motifs is 2. The summed E-state index contributed by atoms with van der Waals surface area (Å²) in [4.78, 5) is 11.3. The van der Waals surface area contributed by atoms with Crippen LogP contribution in [0.5, 0.6) is 0 Å². The quantitative estimate of drug-likeness (QED) is 0.266. The second kappa shape index (κ2) is 10.3. The van der Waals surface area contributed by atoms with Gasteiger partial charge in [-0.1, -0.05) is 42.5 Å². The maximum absolute atomic E-state index is 10.4. The minimum absolute atomic E-state index is 0.0741. The number of hydrogen-bond donors (Lipinski definition) is 2. The molecule has 0 radical (unpaired) electrons. The summed E-state index contributed by atoms with van der Waals surface area (Å²) in [6.07, 6.45) is 2.90. The van der Waals surface area contributed by atoms with Crippen LogP contribution in [0.25, 0.3) is 21.8 Å². The minimum atomic E-state index is -4.00. The highest BCUT2D eigenvalue weighted by molar-refractivity contribution is 7.85. The van der Waals surface area contributed by atoms with Crippen molar-refractivity contribution < 1.29 is 13.0 Å². The second-order valence-electron chi connectivity index (χ2n) is 7.32. The fourth-order valence-corrected chi connectivity index (χ4v) is 3.49. The molecule has 0 bridgehead atoms. The van der Waals surface area contributed by atoms with Crippen LogP contribution in [0.4, 0.5) is 5.82 Å². The Balaban J connectivity index is 0.000000229. The summed E-state index contributed by atoms with van der Waals surface area (Å²) in [5.74, 6) is 0.844. The van der Waals surface area contributed by atoms with Crippen molar-refractivity contribution in [1.29, 1.82) is 0 Å². The van der Waals surface area contributed by atoms with E-state index in [-0.39, 0.29) is 4.90 Å². The third kappa shape index (κ3) is 6.71. The Labute approximate surface area is 182 Å². The zero-order valence-corrected chi connectivity index (χ0v) is 18.4. The lowest BCUT2D eigenvalue weighted by atomic mass is 10.1. The Bertz CT molecular complexity index is 1250. The smallest absolute Gasteiger partial charge is 0.294 e. The van der Waals surface area contributed by atoms with Crippen molar-refractivity contribution in [2.45, 2.75) is 11.3 Å². The molecule has 0 unspecified atom stereocenters. The number of hydrogen-bond acceptors (Lipinski definition) is 6. The molecule has 3 aromatic carbocycles. The van der Waals surface area contributed by atoms with Crippen molar-refractivity contribution in [2.24, 2.45) is 0 Å². The van der Waals surface area contributed by atoms with Crippen LogP contribution in [0.1, 0.15) is 6.42 Å². The molecular weight excluding hydrogens is 412 g/mol. The Kier molecular flexibility index (Phi) is 7.51. The first-order valence-corrected chi connectivity index (χ1v) is 11.3. The molecular formula is C23H26N4O3S. The highest BCUT2D eigenvalue weighted by atomic mass is 32.2. The van der Waals surface area contributed by atoms with Gasteiger partial charge in [0.05, 0.1) is 22.1 Å². The average Bonchev–Trinajstić information content (AvgIpc) is 2.75. The van der Waals surface area contributed by atoms with Gasteiger partial charge in [0, 0.05) is 6.54 Å². The molecule has 31 heavy (non-hydrogen) atoms. The molecule has 0 amide bonds. The largest absolute Gasteiger partial charge is 0.369 e. The van der Waals surface area contributed by atoms with Gasteiger partial charge in [0.1, 0.15) is 5.82 Å². The van der Waals surface area contributed by atoms with E-state index in [9.17, 15) is 8.42 Å². The molecule has 8 heteroatoms. The molecule has 7 nitrogen and oxygen atoms in total. The summed E-state index contributed by atoms with van der Waals surface area (Å²) < 4.78 is 29.2. The van der Waals surface area contributed by atoms with Crippen molar-refractivity contribution in [3.05, 3.63) is 72.9 Å². The van der Waals surface area contributed by atoms with Gasteiger partial charge in [-0.15, -0.1) is 0 Å². The average molecular weight is 439 g/mol. The molecule has 4 aromatic rings. The van der Waals surface area contributed by atoms with Crippen LogP contribution in [0, 0.1) is 0 Å². The van der Waals surface area contributed by atoms with Crippen molar-refractivity contribution >= 4 is 37.7 Å². The standard InChI is InChI=1S/C17H20N4.C6H6O3S/c1-21(2)9-5-8-18-17-12-19-15-10-13-6-3-4-7-14(13)11-16(15)20-17;7-10(8,9)6-4-2-1-3-5-6/h3-4,6-7,10-12H,5,8-9H2,1-2H3,(H,18,20);1-5H,(H,7,8,9). The number of nitrogens with one attached hydrogen (secondary N) is 1. The van der Waals surface area contributed by atoms with E-state index in [1.807, 2.05) is 18.3 Å². The molecule has 2 N–H and O–H groups in total. The number of aromatic nitrogens is 2. The molecule has 0 atom stereocenters. The number of nitrogens with zero attached hydrogens (tertiary/aromatic N) is 3. The lowest BCUT2D eigenvalue weighted by Gasteiger charge is -2.10. The maximum Gasteiger partial charge on any atom is 0.294 e. The summed E-state index contributed by atoms with van der Waals surface area (Å²) in [5, 5.41) is 5.74. The third-order valence-corrected chi connectivity index (χ3v) is 5.41. The van der Waals surface area contributed by atoms with Crippen LogP contribution in [0.15, 0.2) is 77.8 Å². The van der Waals surface area contributed by atoms with Crippen LogP contribution < -0.4 is 5.32 Å². The van der Waals surface area contributed by atoms with Gasteiger partial charge < -0.3 is 10.2 Å². The zero-order valence-electron chi connectivity index (χ0n) is 17.6. The van der Waals surface area contributed by atoms with Gasteiger partial charge in [-0.05, 0) is 62.1 Å². The SMILES string of the molecule is CN(C)CCCNc1cnc2cc3ccccc3cc2n1.O=S(=O)(O)c1ccccc1. The fourth-order valence-electron chi connectivity index (χ4n) is 2.99. The minimum Gasteiger partial charge on any atom is -0.369 e. The predicted octanol–water partition coefficient (Wildman–Crippen LogP) is 4.08. The lowest BCUT2D eigenvalue weighted by molar-refractivity contribution is 0.405. The van der Waals surface area contributed by atoms with Crippen molar-refractivity contribution in [3.8, 4) is 0 Å². The molecule has 0 spiro atoms. The Morgan fingerprint density at radius 1 is 0.935 bits per heavy atom. The number of benzene rings is 3. The van der Waals surface area contributed by atoms with E-state index in [2.05, 4.69) is 58.5 Å². The summed E-state index contributed by atoms with van der Waals surface area (Å²) in [6, 6.07) is 19.9. The molecule has 0 aliphatic carbocycles.